The average molecular weight is 282 g/mol. The second-order valence-corrected chi connectivity index (χ2v) is 4.33. The molecular weight excluding hydrogens is 268 g/mol. The molecule has 0 aliphatic rings. The van der Waals surface area contributed by atoms with Gasteiger partial charge >= 0.3 is 5.97 Å². The lowest BCUT2D eigenvalue weighted by atomic mass is 10.1. The van der Waals surface area contributed by atoms with Crippen molar-refractivity contribution in [1.82, 2.24) is 9.97 Å². The highest BCUT2D eigenvalue weighted by molar-refractivity contribution is 5.74. The molecule has 6 nitrogen and oxygen atoms in total. The van der Waals surface area contributed by atoms with Crippen LogP contribution in [-0.4, -0.2) is 29.5 Å². The number of nitriles is 1. The zero-order valence-corrected chi connectivity index (χ0v) is 11.6. The van der Waals surface area contributed by atoms with Gasteiger partial charge in [0, 0.05) is 25.0 Å². The van der Waals surface area contributed by atoms with Gasteiger partial charge < -0.3 is 9.64 Å². The molecule has 2 aromatic rings. The fourth-order valence-electron chi connectivity index (χ4n) is 1.71. The van der Waals surface area contributed by atoms with Gasteiger partial charge in [-0.3, -0.25) is 4.79 Å². The van der Waals surface area contributed by atoms with Gasteiger partial charge in [0.15, 0.2) is 0 Å². The molecule has 21 heavy (non-hydrogen) atoms. The first-order valence-electron chi connectivity index (χ1n) is 6.32. The van der Waals surface area contributed by atoms with Gasteiger partial charge in [-0.2, -0.15) is 5.26 Å². The molecule has 0 aliphatic heterocycles. The van der Waals surface area contributed by atoms with Crippen LogP contribution < -0.4 is 4.90 Å². The quantitative estimate of drug-likeness (QED) is 0.774. The fourth-order valence-corrected chi connectivity index (χ4v) is 1.71. The minimum atomic E-state index is -0.405. The number of likely N-dealkylation sites (N-methyl/N-ethyl adjacent to an activating group) is 1. The maximum absolute atomic E-state index is 11.8. The largest absolute Gasteiger partial charge is 0.459 e. The van der Waals surface area contributed by atoms with Crippen molar-refractivity contribution in [2.75, 3.05) is 18.5 Å². The Morgan fingerprint density at radius 3 is 2.71 bits per heavy atom. The number of carbonyl (C=O) groups excluding carboxylic acids is 1. The summed E-state index contributed by atoms with van der Waals surface area (Å²) in [4.78, 5) is 21.5. The average Bonchev–Trinajstić information content (AvgIpc) is 2.54. The van der Waals surface area contributed by atoms with Gasteiger partial charge in [0.2, 0.25) is 5.95 Å². The summed E-state index contributed by atoms with van der Waals surface area (Å²) >= 11 is 0. The van der Waals surface area contributed by atoms with Crippen molar-refractivity contribution in [3.63, 3.8) is 0 Å². The van der Waals surface area contributed by atoms with Crippen LogP contribution in [0.1, 0.15) is 11.1 Å². The molecule has 0 saturated carbocycles. The van der Waals surface area contributed by atoms with Crippen LogP contribution in [0.15, 0.2) is 42.7 Å². The van der Waals surface area contributed by atoms with E-state index in [-0.39, 0.29) is 13.2 Å². The zero-order valence-electron chi connectivity index (χ0n) is 11.6. The van der Waals surface area contributed by atoms with E-state index in [9.17, 15) is 4.79 Å². The van der Waals surface area contributed by atoms with Gasteiger partial charge in [-0.05, 0) is 12.1 Å². The molecule has 1 aromatic heterocycles. The van der Waals surface area contributed by atoms with Gasteiger partial charge in [-0.1, -0.05) is 18.2 Å². The first-order valence-corrected chi connectivity index (χ1v) is 6.32. The Bertz CT molecular complexity index is 652. The first-order chi connectivity index (χ1) is 10.2. The highest BCUT2D eigenvalue weighted by Crippen LogP contribution is 2.09. The number of nitrogens with zero attached hydrogens (tertiary/aromatic N) is 4. The molecule has 0 saturated heterocycles. The Hall–Kier alpha value is -2.94. The predicted molar refractivity (Wildman–Crippen MR) is 76.3 cm³/mol. The number of benzene rings is 1. The van der Waals surface area contributed by atoms with E-state index in [2.05, 4.69) is 16.0 Å². The summed E-state index contributed by atoms with van der Waals surface area (Å²) in [5.74, 6) is 0.0459. The first kappa shape index (κ1) is 14.5. The minimum absolute atomic E-state index is 0.0404. The standard InChI is InChI=1S/C15H14N4O2/c1-19(15-17-7-4-8-18-15)10-14(20)21-11-13-6-3-2-5-12(13)9-16/h2-8H,10-11H2,1H3. The van der Waals surface area contributed by atoms with Crippen molar-refractivity contribution in [1.29, 1.82) is 5.26 Å². The van der Waals surface area contributed by atoms with E-state index in [1.807, 2.05) is 0 Å². The molecule has 0 N–H and O–H groups in total. The van der Waals surface area contributed by atoms with Crippen LogP contribution in [-0.2, 0) is 16.1 Å². The van der Waals surface area contributed by atoms with E-state index < -0.39 is 5.97 Å². The fraction of sp³-hybridized carbons (Fsp3) is 0.200. The molecule has 0 unspecified atom stereocenters. The van der Waals surface area contributed by atoms with Gasteiger partial charge in [-0.25, -0.2) is 9.97 Å². The minimum Gasteiger partial charge on any atom is -0.459 e. The second-order valence-electron chi connectivity index (χ2n) is 4.33. The molecule has 0 atom stereocenters. The van der Waals surface area contributed by atoms with Gasteiger partial charge in [-0.15, -0.1) is 0 Å². The molecule has 0 spiro atoms. The Morgan fingerprint density at radius 1 is 1.29 bits per heavy atom. The molecule has 0 amide bonds. The number of aromatic nitrogens is 2. The van der Waals surface area contributed by atoms with Gasteiger partial charge in [0.05, 0.1) is 11.6 Å². The number of esters is 1. The van der Waals surface area contributed by atoms with E-state index in [0.717, 1.165) is 0 Å². The van der Waals surface area contributed by atoms with Gasteiger partial charge in [0.1, 0.15) is 13.2 Å². The third-order valence-electron chi connectivity index (χ3n) is 2.79. The normalized spacial score (nSPS) is 9.71. The highest BCUT2D eigenvalue weighted by Gasteiger charge is 2.11. The number of hydrogen-bond donors (Lipinski definition) is 0. The zero-order chi connectivity index (χ0) is 15.1. The topological polar surface area (TPSA) is 79.1 Å². The maximum atomic E-state index is 11.8. The molecule has 0 aliphatic carbocycles. The van der Waals surface area contributed by atoms with E-state index in [1.54, 1.807) is 54.7 Å². The number of rotatable bonds is 5. The molecule has 0 bridgehead atoms. The second kappa shape index (κ2) is 7.01. The summed E-state index contributed by atoms with van der Waals surface area (Å²) in [6, 6.07) is 10.8. The monoisotopic (exact) mass is 282 g/mol. The van der Waals surface area contributed by atoms with Crippen molar-refractivity contribution < 1.29 is 9.53 Å². The Labute approximate surface area is 122 Å². The van der Waals surface area contributed by atoms with Crippen molar-refractivity contribution in [3.8, 4) is 6.07 Å². The van der Waals surface area contributed by atoms with Crippen LogP contribution in [0.2, 0.25) is 0 Å². The van der Waals surface area contributed by atoms with E-state index in [0.29, 0.717) is 17.1 Å². The van der Waals surface area contributed by atoms with Crippen molar-refractivity contribution >= 4 is 11.9 Å². The number of carbonyl (C=O) groups is 1. The van der Waals surface area contributed by atoms with Crippen molar-refractivity contribution in [2.24, 2.45) is 0 Å². The third kappa shape index (κ3) is 4.01. The predicted octanol–water partition coefficient (Wildman–Crippen LogP) is 1.53. The summed E-state index contributed by atoms with van der Waals surface area (Å²) in [7, 11) is 1.71. The molecule has 106 valence electrons. The number of hydrogen-bond acceptors (Lipinski definition) is 6. The Kier molecular flexibility index (Phi) is 4.83. The van der Waals surface area contributed by atoms with Crippen LogP contribution in [0, 0.1) is 11.3 Å². The van der Waals surface area contributed by atoms with Crippen LogP contribution >= 0.6 is 0 Å². The number of ether oxygens (including phenoxy) is 1. The number of anilines is 1. The lowest BCUT2D eigenvalue weighted by molar-refractivity contribution is -0.143. The van der Waals surface area contributed by atoms with E-state index in [1.165, 1.54) is 0 Å². The summed E-state index contributed by atoms with van der Waals surface area (Å²) in [6.07, 6.45) is 3.21. The van der Waals surface area contributed by atoms with Crippen LogP contribution in [0.3, 0.4) is 0 Å². The molecule has 0 radical (unpaired) electrons. The van der Waals surface area contributed by atoms with Crippen LogP contribution in [0.25, 0.3) is 0 Å². The lowest BCUT2D eigenvalue weighted by Crippen LogP contribution is -2.28. The van der Waals surface area contributed by atoms with E-state index in [4.69, 9.17) is 10.00 Å². The smallest absolute Gasteiger partial charge is 0.325 e. The SMILES string of the molecule is CN(CC(=O)OCc1ccccc1C#N)c1ncccn1. The van der Waals surface area contributed by atoms with E-state index >= 15 is 0 Å². The summed E-state index contributed by atoms with van der Waals surface area (Å²) in [5.41, 5.74) is 1.19. The summed E-state index contributed by atoms with van der Waals surface area (Å²) in [6.45, 7) is 0.116. The van der Waals surface area contributed by atoms with Crippen LogP contribution in [0.4, 0.5) is 5.95 Å². The molecular formula is C15H14N4O2. The molecule has 0 fully saturated rings. The van der Waals surface area contributed by atoms with Crippen molar-refractivity contribution in [2.45, 2.75) is 6.61 Å². The summed E-state index contributed by atoms with van der Waals surface area (Å²) < 4.78 is 5.18. The lowest BCUT2D eigenvalue weighted by Gasteiger charge is -2.15. The molecule has 1 aromatic carbocycles. The Balaban J connectivity index is 1.89. The highest BCUT2D eigenvalue weighted by atomic mass is 16.5. The summed E-state index contributed by atoms with van der Waals surface area (Å²) in [5, 5.41) is 8.96. The van der Waals surface area contributed by atoms with Crippen LogP contribution in [0.5, 0.6) is 0 Å². The maximum Gasteiger partial charge on any atom is 0.325 e. The third-order valence-corrected chi connectivity index (χ3v) is 2.79. The molecule has 1 heterocycles. The Morgan fingerprint density at radius 2 is 2.00 bits per heavy atom. The van der Waals surface area contributed by atoms with Gasteiger partial charge in [0.25, 0.3) is 0 Å². The molecule has 2 rings (SSSR count). The molecule has 6 heteroatoms. The van der Waals surface area contributed by atoms with Crippen molar-refractivity contribution in [3.05, 3.63) is 53.9 Å².